The summed E-state index contributed by atoms with van der Waals surface area (Å²) in [5.41, 5.74) is 0.409. The summed E-state index contributed by atoms with van der Waals surface area (Å²) in [6, 6.07) is 9.48. The first kappa shape index (κ1) is 12.8. The smallest absolute Gasteiger partial charge is 0.259 e. The summed E-state index contributed by atoms with van der Waals surface area (Å²) in [6.45, 7) is 3.90. The lowest BCUT2D eigenvalue weighted by molar-refractivity contribution is -0.211. The fraction of sp³-hybridized carbons (Fsp3) is 0.429. The van der Waals surface area contributed by atoms with Crippen LogP contribution in [0.5, 0.6) is 0 Å². The van der Waals surface area contributed by atoms with E-state index in [1.165, 1.54) is 0 Å². The number of hydrogen-bond acceptors (Lipinski definition) is 3. The molecule has 1 aliphatic rings. The second-order valence-corrected chi connectivity index (χ2v) is 5.14. The fourth-order valence-electron chi connectivity index (χ4n) is 1.86. The Kier molecular flexibility index (Phi) is 3.48. The van der Waals surface area contributed by atoms with Gasteiger partial charge in [-0.1, -0.05) is 44.2 Å². The van der Waals surface area contributed by atoms with E-state index in [1.54, 1.807) is 0 Å². The number of amides is 2. The van der Waals surface area contributed by atoms with Gasteiger partial charge in [0.2, 0.25) is 0 Å². The third-order valence-electron chi connectivity index (χ3n) is 3.16. The zero-order valence-electron chi connectivity index (χ0n) is 10.7. The molecule has 4 nitrogen and oxygen atoms in total. The number of carbonyl (C=O) groups is 2. The van der Waals surface area contributed by atoms with Crippen molar-refractivity contribution in [2.75, 3.05) is 0 Å². The van der Waals surface area contributed by atoms with Crippen LogP contribution < -0.4 is 0 Å². The monoisotopic (exact) mass is 247 g/mol. The van der Waals surface area contributed by atoms with Crippen LogP contribution in [0.15, 0.2) is 30.3 Å². The first-order valence-electron chi connectivity index (χ1n) is 6.05. The SMILES string of the molecule is CC1(C)CCC(=O)N(OCc2ccccc2)C1=O. The topological polar surface area (TPSA) is 46.6 Å². The molecule has 0 spiro atoms. The summed E-state index contributed by atoms with van der Waals surface area (Å²) in [5, 5.41) is 0.927. The number of rotatable bonds is 3. The van der Waals surface area contributed by atoms with Gasteiger partial charge in [-0.3, -0.25) is 14.4 Å². The molecule has 1 fully saturated rings. The summed E-state index contributed by atoms with van der Waals surface area (Å²) in [6.07, 6.45) is 0.934. The number of imide groups is 1. The van der Waals surface area contributed by atoms with Gasteiger partial charge in [0.25, 0.3) is 11.8 Å². The first-order chi connectivity index (χ1) is 8.50. The summed E-state index contributed by atoms with van der Waals surface area (Å²) < 4.78 is 0. The van der Waals surface area contributed by atoms with Crippen LogP contribution in [0, 0.1) is 5.41 Å². The summed E-state index contributed by atoms with van der Waals surface area (Å²) in [4.78, 5) is 29.1. The van der Waals surface area contributed by atoms with Crippen molar-refractivity contribution in [2.24, 2.45) is 5.41 Å². The van der Waals surface area contributed by atoms with Crippen LogP contribution in [-0.2, 0) is 21.0 Å². The second kappa shape index (κ2) is 4.90. The first-order valence-corrected chi connectivity index (χ1v) is 6.05. The van der Waals surface area contributed by atoms with Gasteiger partial charge in [-0.2, -0.15) is 5.06 Å². The minimum Gasteiger partial charge on any atom is -0.272 e. The van der Waals surface area contributed by atoms with Gasteiger partial charge in [-0.05, 0) is 12.0 Å². The van der Waals surface area contributed by atoms with E-state index in [2.05, 4.69) is 0 Å². The van der Waals surface area contributed by atoms with Crippen molar-refractivity contribution in [3.05, 3.63) is 35.9 Å². The largest absolute Gasteiger partial charge is 0.272 e. The molecule has 0 bridgehead atoms. The molecule has 0 aliphatic carbocycles. The van der Waals surface area contributed by atoms with Crippen molar-refractivity contribution in [3.8, 4) is 0 Å². The molecular weight excluding hydrogens is 230 g/mol. The standard InChI is InChI=1S/C14H17NO3/c1-14(2)9-8-12(16)15(13(14)17)18-10-11-6-4-3-5-7-11/h3-7H,8-10H2,1-2H3. The molecule has 2 rings (SSSR count). The Morgan fingerprint density at radius 1 is 1.22 bits per heavy atom. The maximum Gasteiger partial charge on any atom is 0.259 e. The van der Waals surface area contributed by atoms with Gasteiger partial charge < -0.3 is 0 Å². The van der Waals surface area contributed by atoms with Crippen molar-refractivity contribution in [3.63, 3.8) is 0 Å². The lowest BCUT2D eigenvalue weighted by Crippen LogP contribution is -2.48. The Morgan fingerprint density at radius 2 is 1.89 bits per heavy atom. The van der Waals surface area contributed by atoms with Gasteiger partial charge in [0.05, 0.1) is 0 Å². The van der Waals surface area contributed by atoms with Gasteiger partial charge >= 0.3 is 0 Å². The Hall–Kier alpha value is -1.68. The average molecular weight is 247 g/mol. The molecule has 1 aromatic carbocycles. The lowest BCUT2D eigenvalue weighted by atomic mass is 9.84. The minimum absolute atomic E-state index is 0.231. The van der Waals surface area contributed by atoms with Gasteiger partial charge in [0, 0.05) is 11.8 Å². The molecule has 0 saturated carbocycles. The number of carbonyl (C=O) groups excluding carboxylic acids is 2. The van der Waals surface area contributed by atoms with E-state index in [0.717, 1.165) is 10.6 Å². The maximum atomic E-state index is 12.1. The molecule has 0 unspecified atom stereocenters. The molecule has 2 amide bonds. The number of nitrogens with zero attached hydrogens (tertiary/aromatic N) is 1. The Balaban J connectivity index is 2.03. The predicted molar refractivity (Wildman–Crippen MR) is 66.1 cm³/mol. The lowest BCUT2D eigenvalue weighted by Gasteiger charge is -2.34. The number of benzene rings is 1. The maximum absolute atomic E-state index is 12.1. The second-order valence-electron chi connectivity index (χ2n) is 5.14. The molecule has 1 aromatic rings. The molecule has 0 N–H and O–H groups in total. The van der Waals surface area contributed by atoms with Crippen molar-refractivity contribution in [1.82, 2.24) is 5.06 Å². The molecule has 1 aliphatic heterocycles. The highest BCUT2D eigenvalue weighted by Crippen LogP contribution is 2.31. The highest BCUT2D eigenvalue weighted by molar-refractivity contribution is 5.99. The van der Waals surface area contributed by atoms with Gasteiger partial charge in [0.15, 0.2) is 0 Å². The Bertz CT molecular complexity index is 453. The van der Waals surface area contributed by atoms with Crippen LogP contribution in [0.3, 0.4) is 0 Å². The Labute approximate surface area is 106 Å². The molecule has 18 heavy (non-hydrogen) atoms. The van der Waals surface area contributed by atoms with Crippen molar-refractivity contribution < 1.29 is 14.4 Å². The highest BCUT2D eigenvalue weighted by atomic mass is 16.7. The van der Waals surface area contributed by atoms with Crippen LogP contribution >= 0.6 is 0 Å². The third kappa shape index (κ3) is 2.59. The Morgan fingerprint density at radius 3 is 2.56 bits per heavy atom. The van der Waals surface area contributed by atoms with E-state index >= 15 is 0 Å². The highest BCUT2D eigenvalue weighted by Gasteiger charge is 2.41. The number of piperidine rings is 1. The zero-order valence-corrected chi connectivity index (χ0v) is 10.7. The number of hydrogen-bond donors (Lipinski definition) is 0. The van der Waals surface area contributed by atoms with E-state index in [1.807, 2.05) is 44.2 Å². The fourth-order valence-corrected chi connectivity index (χ4v) is 1.86. The van der Waals surface area contributed by atoms with Crippen molar-refractivity contribution in [2.45, 2.75) is 33.3 Å². The van der Waals surface area contributed by atoms with E-state index in [0.29, 0.717) is 12.8 Å². The third-order valence-corrected chi connectivity index (χ3v) is 3.16. The normalized spacial score (nSPS) is 19.1. The van der Waals surface area contributed by atoms with Crippen LogP contribution in [0.4, 0.5) is 0 Å². The van der Waals surface area contributed by atoms with Crippen LogP contribution in [0.1, 0.15) is 32.3 Å². The van der Waals surface area contributed by atoms with Gasteiger partial charge in [-0.15, -0.1) is 0 Å². The molecule has 0 radical (unpaired) electrons. The van der Waals surface area contributed by atoms with E-state index in [4.69, 9.17) is 4.84 Å². The van der Waals surface area contributed by atoms with Crippen LogP contribution in [0.2, 0.25) is 0 Å². The molecular formula is C14H17NO3. The minimum atomic E-state index is -0.523. The van der Waals surface area contributed by atoms with Crippen LogP contribution in [0.25, 0.3) is 0 Å². The zero-order chi connectivity index (χ0) is 13.2. The van der Waals surface area contributed by atoms with E-state index in [9.17, 15) is 9.59 Å². The molecule has 0 atom stereocenters. The average Bonchev–Trinajstić information content (AvgIpc) is 2.36. The van der Waals surface area contributed by atoms with Crippen LogP contribution in [-0.4, -0.2) is 16.9 Å². The molecule has 0 aromatic heterocycles. The molecule has 4 heteroatoms. The van der Waals surface area contributed by atoms with Crippen molar-refractivity contribution in [1.29, 1.82) is 0 Å². The molecule has 1 heterocycles. The van der Waals surface area contributed by atoms with Gasteiger partial charge in [-0.25, -0.2) is 0 Å². The molecule has 1 saturated heterocycles. The van der Waals surface area contributed by atoms with Gasteiger partial charge in [0.1, 0.15) is 6.61 Å². The van der Waals surface area contributed by atoms with E-state index in [-0.39, 0.29) is 18.4 Å². The van der Waals surface area contributed by atoms with E-state index < -0.39 is 5.41 Å². The summed E-state index contributed by atoms with van der Waals surface area (Å²) >= 11 is 0. The summed E-state index contributed by atoms with van der Waals surface area (Å²) in [5.74, 6) is -0.509. The molecule has 96 valence electrons. The van der Waals surface area contributed by atoms with Crippen molar-refractivity contribution >= 4 is 11.8 Å². The summed E-state index contributed by atoms with van der Waals surface area (Å²) in [7, 11) is 0. The quantitative estimate of drug-likeness (QED) is 0.770. The predicted octanol–water partition coefficient (Wildman–Crippen LogP) is 2.29. The number of hydroxylamine groups is 2.